The average Bonchev–Trinajstić information content (AvgIpc) is 2.80. The minimum Gasteiger partial charge on any atom is -0.378 e. The smallest absolute Gasteiger partial charge is 0.333 e. The van der Waals surface area contributed by atoms with Crippen LogP contribution in [0.25, 0.3) is 0 Å². The number of hydrogen-bond acceptors (Lipinski definition) is 4. The summed E-state index contributed by atoms with van der Waals surface area (Å²) in [6, 6.07) is -0.599. The summed E-state index contributed by atoms with van der Waals surface area (Å²) in [5.74, 6) is -1.10. The predicted octanol–water partition coefficient (Wildman–Crippen LogP) is 0.573. The molecule has 0 aromatic heterocycles. The number of carbonyl (C=O) groups is 3. The molecule has 4 amide bonds. The topological polar surface area (TPSA) is 60.9 Å². The fourth-order valence-corrected chi connectivity index (χ4v) is 2.22. The molecule has 0 atom stereocenters. The molecule has 0 saturated carbocycles. The number of likely N-dealkylation sites (N-methyl/N-ethyl adjacent to an activating group) is 2. The first-order valence-corrected chi connectivity index (χ1v) is 6.15. The van der Waals surface area contributed by atoms with Crippen molar-refractivity contribution in [1.82, 2.24) is 14.7 Å². The molecule has 2 saturated heterocycles. The van der Waals surface area contributed by atoms with Gasteiger partial charge in [-0.25, -0.2) is 4.79 Å². The lowest BCUT2D eigenvalue weighted by Crippen LogP contribution is -2.53. The largest absolute Gasteiger partial charge is 0.378 e. The molecular formula is C13H17N3O3. The van der Waals surface area contributed by atoms with Gasteiger partial charge in [-0.2, -0.15) is 0 Å². The Kier molecular flexibility index (Phi) is 3.42. The minimum atomic E-state index is -0.599. The first-order valence-electron chi connectivity index (χ1n) is 6.15. The van der Waals surface area contributed by atoms with Gasteiger partial charge in [0.2, 0.25) is 0 Å². The summed E-state index contributed by atoms with van der Waals surface area (Å²) in [6.07, 6.45) is 5.32. The van der Waals surface area contributed by atoms with Crippen LogP contribution in [-0.2, 0) is 9.59 Å². The van der Waals surface area contributed by atoms with E-state index in [1.54, 1.807) is 6.08 Å². The van der Waals surface area contributed by atoms with Crippen LogP contribution in [0, 0.1) is 0 Å². The van der Waals surface area contributed by atoms with E-state index in [0.717, 1.165) is 34.9 Å². The van der Waals surface area contributed by atoms with Crippen molar-refractivity contribution < 1.29 is 14.4 Å². The second-order valence-electron chi connectivity index (χ2n) is 4.77. The fourth-order valence-electron chi connectivity index (χ4n) is 2.22. The summed E-state index contributed by atoms with van der Waals surface area (Å²) < 4.78 is 0. The molecule has 2 fully saturated rings. The van der Waals surface area contributed by atoms with E-state index in [1.807, 2.05) is 7.05 Å². The summed E-state index contributed by atoms with van der Waals surface area (Å²) in [4.78, 5) is 39.4. The first kappa shape index (κ1) is 13.3. The van der Waals surface area contributed by atoms with Gasteiger partial charge < -0.3 is 4.90 Å². The molecule has 0 aromatic carbocycles. The van der Waals surface area contributed by atoms with E-state index in [-0.39, 0.29) is 5.57 Å². The Morgan fingerprint density at radius 3 is 2.00 bits per heavy atom. The Labute approximate surface area is 111 Å². The first-order chi connectivity index (χ1) is 8.93. The highest BCUT2D eigenvalue weighted by Gasteiger charge is 2.37. The maximum Gasteiger partial charge on any atom is 0.333 e. The second-order valence-corrected chi connectivity index (χ2v) is 4.77. The Hall–Kier alpha value is -2.11. The van der Waals surface area contributed by atoms with Gasteiger partial charge in [0, 0.05) is 33.4 Å². The van der Waals surface area contributed by atoms with E-state index in [4.69, 9.17) is 0 Å². The van der Waals surface area contributed by atoms with E-state index in [9.17, 15) is 14.4 Å². The van der Waals surface area contributed by atoms with Gasteiger partial charge in [-0.3, -0.25) is 19.4 Å². The maximum atomic E-state index is 11.9. The normalized spacial score (nSPS) is 22.9. The molecule has 0 aromatic rings. The molecule has 0 unspecified atom stereocenters. The fraction of sp³-hybridized carbons (Fsp3) is 0.462. The van der Waals surface area contributed by atoms with E-state index in [0.29, 0.717) is 0 Å². The monoisotopic (exact) mass is 263 g/mol. The van der Waals surface area contributed by atoms with E-state index < -0.39 is 17.8 Å². The molecule has 2 rings (SSSR count). The van der Waals surface area contributed by atoms with Crippen molar-refractivity contribution >= 4 is 17.8 Å². The van der Waals surface area contributed by atoms with Gasteiger partial charge in [-0.05, 0) is 25.0 Å². The van der Waals surface area contributed by atoms with E-state index >= 15 is 0 Å². The molecule has 2 aliphatic heterocycles. The lowest BCUT2D eigenvalue weighted by atomic mass is 10.1. The molecule has 6 nitrogen and oxygen atoms in total. The second kappa shape index (κ2) is 4.87. The lowest BCUT2D eigenvalue weighted by Gasteiger charge is -2.28. The molecule has 19 heavy (non-hydrogen) atoms. The molecule has 6 heteroatoms. The van der Waals surface area contributed by atoms with Gasteiger partial charge in [0.1, 0.15) is 5.57 Å². The molecular weight excluding hydrogens is 246 g/mol. The summed E-state index contributed by atoms with van der Waals surface area (Å²) in [7, 11) is 4.72. The Balaban J connectivity index is 2.30. The highest BCUT2D eigenvalue weighted by atomic mass is 16.2. The van der Waals surface area contributed by atoms with E-state index in [1.165, 1.54) is 20.2 Å². The third kappa shape index (κ3) is 2.25. The number of allylic oxidation sites excluding steroid dienone is 3. The SMILES string of the molecule is CN1C(=O)C(=C/C=C2\CCCN2C)C(=O)N(C)C1=O. The number of imide groups is 2. The van der Waals surface area contributed by atoms with Crippen molar-refractivity contribution in [3.63, 3.8) is 0 Å². The van der Waals surface area contributed by atoms with Crippen LogP contribution in [0.1, 0.15) is 12.8 Å². The lowest BCUT2D eigenvalue weighted by molar-refractivity contribution is -0.134. The highest BCUT2D eigenvalue weighted by Crippen LogP contribution is 2.20. The van der Waals surface area contributed by atoms with Gasteiger partial charge >= 0.3 is 6.03 Å². The molecule has 0 bridgehead atoms. The van der Waals surface area contributed by atoms with Crippen molar-refractivity contribution in [2.24, 2.45) is 0 Å². The molecule has 2 heterocycles. The van der Waals surface area contributed by atoms with E-state index in [2.05, 4.69) is 4.90 Å². The van der Waals surface area contributed by atoms with Crippen LogP contribution >= 0.6 is 0 Å². The zero-order chi connectivity index (χ0) is 14.2. The number of hydrogen-bond donors (Lipinski definition) is 0. The third-order valence-corrected chi connectivity index (χ3v) is 3.50. The number of rotatable bonds is 1. The quantitative estimate of drug-likeness (QED) is 0.512. The summed E-state index contributed by atoms with van der Waals surface area (Å²) >= 11 is 0. The molecule has 0 N–H and O–H groups in total. The summed E-state index contributed by atoms with van der Waals surface area (Å²) in [5.41, 5.74) is 1.12. The van der Waals surface area contributed by atoms with Crippen molar-refractivity contribution in [2.75, 3.05) is 27.7 Å². The van der Waals surface area contributed by atoms with Gasteiger partial charge in [0.15, 0.2) is 0 Å². The van der Waals surface area contributed by atoms with Gasteiger partial charge in [0.25, 0.3) is 11.8 Å². The van der Waals surface area contributed by atoms with Crippen molar-refractivity contribution in [3.8, 4) is 0 Å². The maximum absolute atomic E-state index is 11.9. The van der Waals surface area contributed by atoms with Crippen LogP contribution in [-0.4, -0.2) is 60.2 Å². The summed E-state index contributed by atoms with van der Waals surface area (Å²) in [5, 5.41) is 0. The van der Waals surface area contributed by atoms with Crippen LogP contribution in [0.4, 0.5) is 4.79 Å². The molecule has 0 spiro atoms. The standard InChI is InChI=1S/C13H17N3O3/c1-14-8-4-5-9(14)6-7-10-11(17)15(2)13(19)16(3)12(10)18/h6-7H,4-5,8H2,1-3H3/b9-6+. The van der Waals surface area contributed by atoms with Crippen LogP contribution < -0.4 is 0 Å². The predicted molar refractivity (Wildman–Crippen MR) is 69.0 cm³/mol. The van der Waals surface area contributed by atoms with Crippen LogP contribution in [0.5, 0.6) is 0 Å². The number of likely N-dealkylation sites (tertiary alicyclic amines) is 1. The van der Waals surface area contributed by atoms with Crippen molar-refractivity contribution in [1.29, 1.82) is 0 Å². The molecule has 2 aliphatic rings. The average molecular weight is 263 g/mol. The third-order valence-electron chi connectivity index (χ3n) is 3.50. The number of carbonyl (C=O) groups excluding carboxylic acids is 3. The number of barbiturate groups is 1. The zero-order valence-electron chi connectivity index (χ0n) is 11.3. The van der Waals surface area contributed by atoms with Crippen LogP contribution in [0.15, 0.2) is 23.4 Å². The van der Waals surface area contributed by atoms with Gasteiger partial charge in [0.05, 0.1) is 0 Å². The number of nitrogens with zero attached hydrogens (tertiary/aromatic N) is 3. The number of amides is 4. The molecule has 0 aliphatic carbocycles. The Morgan fingerprint density at radius 2 is 1.53 bits per heavy atom. The van der Waals surface area contributed by atoms with Crippen molar-refractivity contribution in [3.05, 3.63) is 23.4 Å². The molecule has 102 valence electrons. The van der Waals surface area contributed by atoms with Crippen LogP contribution in [0.3, 0.4) is 0 Å². The van der Waals surface area contributed by atoms with Gasteiger partial charge in [-0.15, -0.1) is 0 Å². The van der Waals surface area contributed by atoms with Crippen molar-refractivity contribution in [2.45, 2.75) is 12.8 Å². The number of urea groups is 1. The highest BCUT2D eigenvalue weighted by molar-refractivity contribution is 6.28. The Morgan fingerprint density at radius 1 is 0.947 bits per heavy atom. The minimum absolute atomic E-state index is 0.0254. The molecule has 0 radical (unpaired) electrons. The van der Waals surface area contributed by atoms with Crippen LogP contribution in [0.2, 0.25) is 0 Å². The summed E-state index contributed by atoms with van der Waals surface area (Å²) in [6.45, 7) is 0.981. The zero-order valence-corrected chi connectivity index (χ0v) is 11.3. The van der Waals surface area contributed by atoms with Gasteiger partial charge in [-0.1, -0.05) is 0 Å². The Bertz CT molecular complexity index is 481.